The lowest BCUT2D eigenvalue weighted by Gasteiger charge is -2.50. The highest BCUT2D eigenvalue weighted by Crippen LogP contribution is 2.76. The van der Waals surface area contributed by atoms with Gasteiger partial charge in [-0.15, -0.1) is 0 Å². The second-order valence-electron chi connectivity index (χ2n) is 12.1. The lowest BCUT2D eigenvalue weighted by Crippen LogP contribution is -2.61. The van der Waals surface area contributed by atoms with Gasteiger partial charge in [-0.3, -0.25) is 14.4 Å². The lowest BCUT2D eigenvalue weighted by atomic mass is 9.60. The number of Topliss-reactive ketones (excluding diaryl/α,β-unsaturated/α-hetero) is 1. The number of esters is 2. The molecule has 2 N–H and O–H groups in total. The maximum atomic E-state index is 13.2. The molecule has 0 heterocycles. The molecule has 7 atom stereocenters. The fourth-order valence-electron chi connectivity index (χ4n) is 7.78. The zero-order valence-electron chi connectivity index (χ0n) is 22.1. The smallest absolute Gasteiger partial charge is 0.310 e. The molecule has 0 bridgehead atoms. The SMILES string of the molecule is CC(=O)OCC1=C[C@H]2[C@H]3C(C)(C)[C@]3(OC(=O)Cc3ccccc3)C[C@@H](C)[C@]2(O)[C@H]2C=C(C)C(=O)[C@@]2(O)C1. The van der Waals surface area contributed by atoms with Gasteiger partial charge in [0.2, 0.25) is 0 Å². The Bertz CT molecular complexity index is 1210. The van der Waals surface area contributed by atoms with E-state index in [1.54, 1.807) is 13.0 Å². The van der Waals surface area contributed by atoms with Gasteiger partial charge in [-0.2, -0.15) is 0 Å². The number of hydrogen-bond acceptors (Lipinski definition) is 7. The van der Waals surface area contributed by atoms with Gasteiger partial charge in [0.25, 0.3) is 0 Å². The minimum atomic E-state index is -1.82. The third kappa shape index (κ3) is 3.65. The summed E-state index contributed by atoms with van der Waals surface area (Å²) < 4.78 is 11.6. The van der Waals surface area contributed by atoms with Gasteiger partial charge in [-0.05, 0) is 36.0 Å². The molecular weight excluding hydrogens is 472 g/mol. The number of ketones is 1. The predicted octanol–water partition coefficient (Wildman–Crippen LogP) is 3.32. The van der Waals surface area contributed by atoms with Gasteiger partial charge < -0.3 is 19.7 Å². The zero-order chi connectivity index (χ0) is 27.0. The van der Waals surface area contributed by atoms with Gasteiger partial charge in [0.1, 0.15) is 17.8 Å². The highest BCUT2D eigenvalue weighted by atomic mass is 16.6. The Hall–Kier alpha value is -2.77. The summed E-state index contributed by atoms with van der Waals surface area (Å²) in [5.41, 5.74) is -2.64. The summed E-state index contributed by atoms with van der Waals surface area (Å²) in [5, 5.41) is 24.2. The number of rotatable bonds is 5. The molecule has 0 unspecified atom stereocenters. The molecule has 5 rings (SSSR count). The molecular formula is C30H36O7. The van der Waals surface area contributed by atoms with Crippen molar-refractivity contribution in [3.63, 3.8) is 0 Å². The molecule has 0 aliphatic heterocycles. The van der Waals surface area contributed by atoms with E-state index in [-0.39, 0.29) is 31.3 Å². The first-order chi connectivity index (χ1) is 17.3. The lowest BCUT2D eigenvalue weighted by molar-refractivity contribution is -0.186. The standard InChI is InChI=1S/C30H36O7/c1-17-11-23-28(34,26(17)33)15-21(16-36-19(3)31)12-22-25-27(4,5)29(25,14-18(2)30(22,23)35)37-24(32)13-20-9-7-6-8-10-20/h6-12,18,22-23,25,34-35H,13-16H2,1-5H3/t18-,22+,23+,25+,28-,29+,30-/m1/s1. The molecule has 7 nitrogen and oxygen atoms in total. The first kappa shape index (κ1) is 25.9. The van der Waals surface area contributed by atoms with E-state index in [0.29, 0.717) is 17.6 Å². The molecule has 0 amide bonds. The van der Waals surface area contributed by atoms with Crippen LogP contribution in [0.1, 0.15) is 53.0 Å². The number of aliphatic hydroxyl groups is 2. The Morgan fingerprint density at radius 2 is 1.78 bits per heavy atom. The van der Waals surface area contributed by atoms with Crippen molar-refractivity contribution >= 4 is 17.7 Å². The second kappa shape index (κ2) is 8.37. The summed E-state index contributed by atoms with van der Waals surface area (Å²) in [5.74, 6) is -3.17. The highest BCUT2D eigenvalue weighted by molar-refractivity contribution is 6.04. The Balaban J connectivity index is 1.54. The normalized spacial score (nSPS) is 39.3. The van der Waals surface area contributed by atoms with Crippen LogP contribution < -0.4 is 0 Å². The minimum absolute atomic E-state index is 0.0307. The first-order valence-corrected chi connectivity index (χ1v) is 13.0. The summed E-state index contributed by atoms with van der Waals surface area (Å²) in [6.07, 6.45) is 4.12. The largest absolute Gasteiger partial charge is 0.461 e. The minimum Gasteiger partial charge on any atom is -0.461 e. The van der Waals surface area contributed by atoms with Crippen LogP contribution in [0.5, 0.6) is 0 Å². The van der Waals surface area contributed by atoms with Crippen LogP contribution >= 0.6 is 0 Å². The van der Waals surface area contributed by atoms with Crippen molar-refractivity contribution in [2.45, 2.75) is 70.7 Å². The molecule has 0 saturated heterocycles. The molecule has 2 saturated carbocycles. The van der Waals surface area contributed by atoms with E-state index in [1.165, 1.54) is 6.92 Å². The van der Waals surface area contributed by atoms with Gasteiger partial charge >= 0.3 is 11.9 Å². The number of carbonyl (C=O) groups is 3. The number of hydrogen-bond donors (Lipinski definition) is 2. The van der Waals surface area contributed by atoms with Crippen LogP contribution in [0.4, 0.5) is 0 Å². The van der Waals surface area contributed by atoms with Crippen LogP contribution in [0.2, 0.25) is 0 Å². The molecule has 1 aromatic rings. The second-order valence-corrected chi connectivity index (χ2v) is 12.1. The summed E-state index contributed by atoms with van der Waals surface area (Å²) in [6, 6.07) is 9.44. The molecule has 4 aliphatic rings. The van der Waals surface area contributed by atoms with Crippen molar-refractivity contribution in [2.75, 3.05) is 6.61 Å². The van der Waals surface area contributed by atoms with Crippen LogP contribution in [0, 0.1) is 29.1 Å². The van der Waals surface area contributed by atoms with Gasteiger partial charge in [0, 0.05) is 36.5 Å². The average Bonchev–Trinajstić information content (AvgIpc) is 3.22. The summed E-state index contributed by atoms with van der Waals surface area (Å²) in [7, 11) is 0. The molecule has 2 fully saturated rings. The van der Waals surface area contributed by atoms with Crippen LogP contribution in [-0.4, -0.2) is 51.3 Å². The molecule has 7 heteroatoms. The summed E-state index contributed by atoms with van der Waals surface area (Å²) in [6.45, 7) is 8.88. The topological polar surface area (TPSA) is 110 Å². The van der Waals surface area contributed by atoms with Crippen LogP contribution in [0.15, 0.2) is 53.6 Å². The zero-order valence-corrected chi connectivity index (χ0v) is 22.1. The fourth-order valence-corrected chi connectivity index (χ4v) is 7.78. The molecule has 0 aromatic heterocycles. The van der Waals surface area contributed by atoms with Crippen molar-refractivity contribution in [2.24, 2.45) is 29.1 Å². The predicted molar refractivity (Wildman–Crippen MR) is 135 cm³/mol. The van der Waals surface area contributed by atoms with Gasteiger partial charge in [0.05, 0.1) is 12.0 Å². The number of fused-ring (bicyclic) bond motifs is 5. The highest BCUT2D eigenvalue weighted by Gasteiger charge is 2.83. The van der Waals surface area contributed by atoms with Crippen molar-refractivity contribution in [3.8, 4) is 0 Å². The van der Waals surface area contributed by atoms with Crippen LogP contribution in [0.3, 0.4) is 0 Å². The van der Waals surface area contributed by atoms with E-state index in [9.17, 15) is 24.6 Å². The van der Waals surface area contributed by atoms with Gasteiger partial charge in [-0.1, -0.05) is 63.3 Å². The van der Waals surface area contributed by atoms with E-state index in [2.05, 4.69) is 0 Å². The summed E-state index contributed by atoms with van der Waals surface area (Å²) >= 11 is 0. The van der Waals surface area contributed by atoms with Gasteiger partial charge in [0.15, 0.2) is 5.78 Å². The fraction of sp³-hybridized carbons (Fsp3) is 0.567. The van der Waals surface area contributed by atoms with Crippen molar-refractivity contribution in [3.05, 3.63) is 59.2 Å². The van der Waals surface area contributed by atoms with Gasteiger partial charge in [-0.25, -0.2) is 0 Å². The summed E-state index contributed by atoms with van der Waals surface area (Å²) in [4.78, 5) is 37.9. The van der Waals surface area contributed by atoms with E-state index in [4.69, 9.17) is 9.47 Å². The Morgan fingerprint density at radius 1 is 1.11 bits per heavy atom. The van der Waals surface area contributed by atoms with E-state index >= 15 is 0 Å². The number of benzene rings is 1. The van der Waals surface area contributed by atoms with Crippen LogP contribution in [-0.2, 0) is 30.3 Å². The van der Waals surface area contributed by atoms with E-state index < -0.39 is 51.7 Å². The first-order valence-electron chi connectivity index (χ1n) is 13.0. The maximum absolute atomic E-state index is 13.2. The van der Waals surface area contributed by atoms with Crippen molar-refractivity contribution < 1.29 is 34.1 Å². The van der Waals surface area contributed by atoms with E-state index in [1.807, 2.05) is 57.2 Å². The average molecular weight is 509 g/mol. The van der Waals surface area contributed by atoms with E-state index in [0.717, 1.165) is 5.56 Å². The molecule has 1 aromatic carbocycles. The quantitative estimate of drug-likeness (QED) is 0.464. The van der Waals surface area contributed by atoms with Crippen molar-refractivity contribution in [1.29, 1.82) is 0 Å². The molecule has 4 aliphatic carbocycles. The Morgan fingerprint density at radius 3 is 2.43 bits per heavy atom. The molecule has 0 radical (unpaired) electrons. The monoisotopic (exact) mass is 508 g/mol. The third-order valence-corrected chi connectivity index (χ3v) is 9.62. The third-order valence-electron chi connectivity index (χ3n) is 9.62. The molecule has 0 spiro atoms. The molecule has 37 heavy (non-hydrogen) atoms. The van der Waals surface area contributed by atoms with Crippen LogP contribution in [0.25, 0.3) is 0 Å². The van der Waals surface area contributed by atoms with Crippen molar-refractivity contribution in [1.82, 2.24) is 0 Å². The number of ether oxygens (including phenoxy) is 2. The Labute approximate surface area is 217 Å². The molecule has 198 valence electrons. The number of carbonyl (C=O) groups excluding carboxylic acids is 3. The maximum Gasteiger partial charge on any atom is 0.310 e. The Kier molecular flexibility index (Phi) is 5.85.